The minimum atomic E-state index is 0.331. The van der Waals surface area contributed by atoms with Gasteiger partial charge in [-0.05, 0) is 57.3 Å². The highest BCUT2D eigenvalue weighted by Crippen LogP contribution is 2.34. The smallest absolute Gasteiger partial charge is 0.212 e. The van der Waals surface area contributed by atoms with Gasteiger partial charge in [0.25, 0.3) is 0 Å². The molecule has 0 bridgehead atoms. The van der Waals surface area contributed by atoms with Crippen LogP contribution in [0.3, 0.4) is 0 Å². The van der Waals surface area contributed by atoms with Gasteiger partial charge in [0.05, 0.1) is 31.6 Å². The van der Waals surface area contributed by atoms with Gasteiger partial charge in [-0.3, -0.25) is 4.98 Å². The Kier molecular flexibility index (Phi) is 8.12. The summed E-state index contributed by atoms with van der Waals surface area (Å²) in [5, 5.41) is 13.5. The van der Waals surface area contributed by atoms with Crippen LogP contribution in [0.2, 0.25) is 0 Å². The first-order valence-electron chi connectivity index (χ1n) is 13.2. The molecule has 0 saturated carbocycles. The van der Waals surface area contributed by atoms with Crippen molar-refractivity contribution in [2.45, 2.75) is 25.5 Å². The van der Waals surface area contributed by atoms with Gasteiger partial charge in [-0.1, -0.05) is 0 Å². The van der Waals surface area contributed by atoms with E-state index < -0.39 is 0 Å². The van der Waals surface area contributed by atoms with Crippen molar-refractivity contribution in [3.8, 4) is 23.4 Å². The average molecular weight is 540 g/mol. The van der Waals surface area contributed by atoms with Crippen molar-refractivity contribution in [3.05, 3.63) is 66.0 Å². The number of anilines is 3. The molecule has 3 heterocycles. The van der Waals surface area contributed by atoms with Crippen LogP contribution in [0.4, 0.5) is 17.2 Å². The minimum Gasteiger partial charge on any atom is -0.493 e. The van der Waals surface area contributed by atoms with Gasteiger partial charge in [-0.15, -0.1) is 0 Å². The van der Waals surface area contributed by atoms with Crippen molar-refractivity contribution >= 4 is 28.2 Å². The number of nitrogens with zero attached hydrogens (tertiary/aromatic N) is 6. The van der Waals surface area contributed by atoms with Gasteiger partial charge in [0, 0.05) is 48.7 Å². The highest BCUT2D eigenvalue weighted by atomic mass is 16.5. The molecule has 0 atom stereocenters. The maximum atomic E-state index is 10.1. The third-order valence-corrected chi connectivity index (χ3v) is 7.18. The first-order valence-corrected chi connectivity index (χ1v) is 13.2. The highest BCUT2D eigenvalue weighted by Gasteiger charge is 2.22. The van der Waals surface area contributed by atoms with Crippen LogP contribution in [0, 0.1) is 11.3 Å². The Bertz CT molecular complexity index is 1510. The zero-order valence-corrected chi connectivity index (χ0v) is 23.2. The molecule has 4 aromatic rings. The van der Waals surface area contributed by atoms with Crippen LogP contribution in [0.1, 0.15) is 24.0 Å². The number of benzene rings is 2. The Morgan fingerprint density at radius 2 is 1.82 bits per heavy atom. The summed E-state index contributed by atoms with van der Waals surface area (Å²) in [5.41, 5.74) is 4.01. The second-order valence-corrected chi connectivity index (χ2v) is 9.87. The molecule has 1 N–H and O–H groups in total. The normalized spacial score (nSPS) is 13.8. The second-order valence-electron chi connectivity index (χ2n) is 9.87. The van der Waals surface area contributed by atoms with Crippen LogP contribution < -0.4 is 24.4 Å². The standard InChI is InChI=1S/C30H33N7O3/c1-36(2)22-11-13-37(14-12-22)28-18-32-25-8-7-24(23(16-31)30(25)35-28)34-21-6-9-26(27(15-21)38-3)40-19-20-5-10-29(39-4)33-17-20/h5-10,15,17-18,22,34H,11-14,19H2,1-4H3. The predicted octanol–water partition coefficient (Wildman–Crippen LogP) is 4.77. The summed E-state index contributed by atoms with van der Waals surface area (Å²) < 4.78 is 16.7. The van der Waals surface area contributed by atoms with E-state index in [0.717, 1.165) is 43.0 Å². The lowest BCUT2D eigenvalue weighted by molar-refractivity contribution is 0.249. The molecule has 2 aromatic carbocycles. The SMILES string of the molecule is COc1ccc(COc2ccc(Nc3ccc4ncc(N5CCC(N(C)C)CC5)nc4c3C#N)cc2OC)cn1. The van der Waals surface area contributed by atoms with E-state index in [1.165, 1.54) is 0 Å². The molecule has 0 radical (unpaired) electrons. The molecule has 1 saturated heterocycles. The van der Waals surface area contributed by atoms with Crippen LogP contribution in [0.5, 0.6) is 17.4 Å². The number of piperidine rings is 1. The van der Waals surface area contributed by atoms with Gasteiger partial charge in [0.2, 0.25) is 5.88 Å². The lowest BCUT2D eigenvalue weighted by Crippen LogP contribution is -2.42. The lowest BCUT2D eigenvalue weighted by Gasteiger charge is -2.35. The maximum Gasteiger partial charge on any atom is 0.212 e. The fraction of sp³-hybridized carbons (Fsp3) is 0.333. The minimum absolute atomic E-state index is 0.331. The summed E-state index contributed by atoms with van der Waals surface area (Å²) in [7, 11) is 7.42. The summed E-state index contributed by atoms with van der Waals surface area (Å²) in [6, 6.07) is 15.9. The Hall–Kier alpha value is -4.62. The van der Waals surface area contributed by atoms with E-state index >= 15 is 0 Å². The van der Waals surface area contributed by atoms with Gasteiger partial charge in [-0.2, -0.15) is 5.26 Å². The number of fused-ring (bicyclic) bond motifs is 1. The molecule has 0 amide bonds. The molecule has 2 aromatic heterocycles. The third kappa shape index (κ3) is 5.84. The Labute approximate surface area is 234 Å². The van der Waals surface area contributed by atoms with Crippen molar-refractivity contribution in [1.82, 2.24) is 19.9 Å². The largest absolute Gasteiger partial charge is 0.493 e. The van der Waals surface area contributed by atoms with Gasteiger partial charge < -0.3 is 29.3 Å². The summed E-state index contributed by atoms with van der Waals surface area (Å²) in [6.07, 6.45) is 5.65. The van der Waals surface area contributed by atoms with E-state index in [-0.39, 0.29) is 0 Å². The van der Waals surface area contributed by atoms with Crippen molar-refractivity contribution in [3.63, 3.8) is 0 Å². The maximum absolute atomic E-state index is 10.1. The molecule has 0 unspecified atom stereocenters. The van der Waals surface area contributed by atoms with Crippen LogP contribution in [-0.2, 0) is 6.61 Å². The molecular formula is C30H33N7O3. The van der Waals surface area contributed by atoms with Crippen molar-refractivity contribution in [2.75, 3.05) is 51.6 Å². The fourth-order valence-electron chi connectivity index (χ4n) is 4.85. The zero-order chi connectivity index (χ0) is 28.1. The molecule has 10 heteroatoms. The van der Waals surface area contributed by atoms with Crippen molar-refractivity contribution in [2.24, 2.45) is 0 Å². The molecule has 0 aliphatic carbocycles. The number of methoxy groups -OCH3 is 2. The number of hydrogen-bond donors (Lipinski definition) is 1. The summed E-state index contributed by atoms with van der Waals surface area (Å²) >= 11 is 0. The van der Waals surface area contributed by atoms with Crippen LogP contribution >= 0.6 is 0 Å². The third-order valence-electron chi connectivity index (χ3n) is 7.18. The number of hydrogen-bond acceptors (Lipinski definition) is 10. The number of nitrogens with one attached hydrogen (secondary N) is 1. The molecule has 0 spiro atoms. The first kappa shape index (κ1) is 27.0. The molecule has 40 heavy (non-hydrogen) atoms. The lowest BCUT2D eigenvalue weighted by atomic mass is 10.0. The van der Waals surface area contributed by atoms with Crippen molar-refractivity contribution in [1.29, 1.82) is 5.26 Å². The molecule has 206 valence electrons. The zero-order valence-electron chi connectivity index (χ0n) is 23.2. The van der Waals surface area contributed by atoms with Gasteiger partial charge in [0.15, 0.2) is 11.5 Å². The predicted molar refractivity (Wildman–Crippen MR) is 155 cm³/mol. The van der Waals surface area contributed by atoms with Crippen molar-refractivity contribution < 1.29 is 14.2 Å². The molecule has 1 aliphatic rings. The van der Waals surface area contributed by atoms with E-state index in [0.29, 0.717) is 52.3 Å². The monoisotopic (exact) mass is 539 g/mol. The first-order chi connectivity index (χ1) is 19.5. The average Bonchev–Trinajstić information content (AvgIpc) is 3.00. The Balaban J connectivity index is 1.34. The molecule has 10 nitrogen and oxygen atoms in total. The quantitative estimate of drug-likeness (QED) is 0.320. The highest BCUT2D eigenvalue weighted by molar-refractivity contribution is 5.89. The number of ether oxygens (including phenoxy) is 3. The number of rotatable bonds is 9. The van der Waals surface area contributed by atoms with Gasteiger partial charge in [0.1, 0.15) is 29.6 Å². The van der Waals surface area contributed by atoms with E-state index in [1.54, 1.807) is 32.7 Å². The number of aromatic nitrogens is 3. The molecular weight excluding hydrogens is 506 g/mol. The Morgan fingerprint density at radius 3 is 2.50 bits per heavy atom. The van der Waals surface area contributed by atoms with Crippen LogP contribution in [-0.4, -0.2) is 67.3 Å². The summed E-state index contributed by atoms with van der Waals surface area (Å²) in [6.45, 7) is 2.15. The van der Waals surface area contributed by atoms with Gasteiger partial charge >= 0.3 is 0 Å². The summed E-state index contributed by atoms with van der Waals surface area (Å²) in [4.78, 5) is 18.2. The van der Waals surface area contributed by atoms with E-state index in [4.69, 9.17) is 19.2 Å². The molecule has 1 aliphatic heterocycles. The Morgan fingerprint density at radius 1 is 1.00 bits per heavy atom. The molecule has 5 rings (SSSR count). The van der Waals surface area contributed by atoms with E-state index in [9.17, 15) is 5.26 Å². The second kappa shape index (κ2) is 12.1. The topological polar surface area (TPSA) is 109 Å². The molecule has 1 fully saturated rings. The van der Waals surface area contributed by atoms with E-state index in [2.05, 4.69) is 45.2 Å². The van der Waals surface area contributed by atoms with Gasteiger partial charge in [-0.25, -0.2) is 9.97 Å². The fourth-order valence-corrected chi connectivity index (χ4v) is 4.85. The van der Waals surface area contributed by atoms with E-state index in [1.807, 2.05) is 36.4 Å². The van der Waals surface area contributed by atoms with Crippen LogP contribution in [0.15, 0.2) is 54.9 Å². The number of nitriles is 1. The number of pyridine rings is 1. The summed E-state index contributed by atoms with van der Waals surface area (Å²) in [5.74, 6) is 2.51. The van der Waals surface area contributed by atoms with Crippen LogP contribution in [0.25, 0.3) is 11.0 Å².